The summed E-state index contributed by atoms with van der Waals surface area (Å²) in [6, 6.07) is 0. The lowest BCUT2D eigenvalue weighted by Gasteiger charge is -2.07. The Morgan fingerprint density at radius 3 is 2.43 bits per heavy atom. The number of nitrogens with zero attached hydrogens (tertiary/aromatic N) is 1. The normalized spacial score (nSPS) is 13.7. The summed E-state index contributed by atoms with van der Waals surface area (Å²) in [6.07, 6.45) is 6.78. The fourth-order valence-corrected chi connectivity index (χ4v) is 1.18. The first-order valence-electron chi connectivity index (χ1n) is 4.92. The fraction of sp³-hybridized carbons (Fsp3) is 0.417. The van der Waals surface area contributed by atoms with Crippen molar-refractivity contribution >= 4 is 6.21 Å². The van der Waals surface area contributed by atoms with E-state index in [4.69, 9.17) is 5.73 Å². The summed E-state index contributed by atoms with van der Waals surface area (Å²) in [5.74, 6) is 0. The van der Waals surface area contributed by atoms with Crippen molar-refractivity contribution in [2.24, 2.45) is 10.7 Å². The third-order valence-electron chi connectivity index (χ3n) is 1.72. The molecule has 2 N–H and O–H groups in total. The summed E-state index contributed by atoms with van der Waals surface area (Å²) < 4.78 is 0. The summed E-state index contributed by atoms with van der Waals surface area (Å²) in [7, 11) is 0. The van der Waals surface area contributed by atoms with Gasteiger partial charge in [-0.05, 0) is 37.5 Å². The molecule has 0 aliphatic rings. The van der Waals surface area contributed by atoms with Crippen molar-refractivity contribution in [3.63, 3.8) is 0 Å². The third kappa shape index (κ3) is 4.19. The minimum Gasteiger partial charge on any atom is -0.327 e. The molecule has 2 nitrogen and oxygen atoms in total. The molecule has 0 rings (SSSR count). The largest absolute Gasteiger partial charge is 0.327 e. The van der Waals surface area contributed by atoms with Crippen LogP contribution in [0.1, 0.15) is 27.2 Å². The zero-order valence-electron chi connectivity index (χ0n) is 9.38. The van der Waals surface area contributed by atoms with Crippen LogP contribution in [0, 0.1) is 0 Å². The highest BCUT2D eigenvalue weighted by molar-refractivity contribution is 5.59. The van der Waals surface area contributed by atoms with E-state index in [1.54, 1.807) is 6.21 Å². The first-order valence-corrected chi connectivity index (χ1v) is 4.92. The predicted molar refractivity (Wildman–Crippen MR) is 64.5 cm³/mol. The van der Waals surface area contributed by atoms with Gasteiger partial charge in [-0.2, -0.15) is 0 Å². The predicted octanol–water partition coefficient (Wildman–Crippen LogP) is 2.83. The van der Waals surface area contributed by atoms with Crippen LogP contribution in [-0.2, 0) is 0 Å². The zero-order chi connectivity index (χ0) is 11.0. The van der Waals surface area contributed by atoms with E-state index >= 15 is 0 Å². The molecular weight excluding hydrogens is 172 g/mol. The minimum absolute atomic E-state index is 0.501. The summed E-state index contributed by atoms with van der Waals surface area (Å²) in [5.41, 5.74) is 8.53. The van der Waals surface area contributed by atoms with Crippen LogP contribution in [0.2, 0.25) is 0 Å². The van der Waals surface area contributed by atoms with E-state index < -0.39 is 0 Å². The average molecular weight is 192 g/mol. The van der Waals surface area contributed by atoms with E-state index in [-0.39, 0.29) is 0 Å². The number of nitrogens with two attached hydrogens (primary N) is 1. The average Bonchev–Trinajstić information content (AvgIpc) is 2.13. The molecular formula is C12H20N2. The lowest BCUT2D eigenvalue weighted by atomic mass is 10.0. The molecule has 0 saturated heterocycles. The number of allylic oxidation sites excluding steroid dienone is 2. The topological polar surface area (TPSA) is 38.4 Å². The standard InChI is InChI=1S/C12H20N2/c1-5-7-11(10(3)4)12(8-9-13)14-6-2/h6-8H,3,5,9,13H2,1-2,4H3/b11-7-,12-8+,14-6?. The Bertz CT molecular complexity index is 270. The summed E-state index contributed by atoms with van der Waals surface area (Å²) in [6.45, 7) is 10.4. The molecule has 2 heteroatoms. The van der Waals surface area contributed by atoms with Crippen LogP contribution in [-0.4, -0.2) is 12.8 Å². The van der Waals surface area contributed by atoms with Crippen molar-refractivity contribution in [1.29, 1.82) is 0 Å². The Morgan fingerprint density at radius 1 is 1.43 bits per heavy atom. The molecule has 0 spiro atoms. The van der Waals surface area contributed by atoms with Gasteiger partial charge in [0, 0.05) is 12.8 Å². The number of hydrogen-bond acceptors (Lipinski definition) is 2. The van der Waals surface area contributed by atoms with Gasteiger partial charge in [0.15, 0.2) is 0 Å². The van der Waals surface area contributed by atoms with E-state index in [9.17, 15) is 0 Å². The molecule has 0 aromatic rings. The van der Waals surface area contributed by atoms with Crippen LogP contribution in [0.3, 0.4) is 0 Å². The molecule has 0 unspecified atom stereocenters. The SMILES string of the molecule is C=C(C)C(=C/CC)/C(=C\CN)N=CC. The molecule has 0 aromatic carbocycles. The molecule has 0 saturated carbocycles. The number of hydrogen-bond donors (Lipinski definition) is 1. The molecule has 0 fully saturated rings. The van der Waals surface area contributed by atoms with E-state index in [0.717, 1.165) is 23.3 Å². The molecule has 0 atom stereocenters. The second-order valence-electron chi connectivity index (χ2n) is 3.02. The lowest BCUT2D eigenvalue weighted by molar-refractivity contribution is 1.14. The van der Waals surface area contributed by atoms with E-state index in [1.165, 1.54) is 0 Å². The third-order valence-corrected chi connectivity index (χ3v) is 1.72. The Kier molecular flexibility index (Phi) is 6.68. The van der Waals surface area contributed by atoms with E-state index in [1.807, 2.05) is 19.9 Å². The minimum atomic E-state index is 0.501. The number of rotatable bonds is 5. The molecule has 14 heavy (non-hydrogen) atoms. The highest BCUT2D eigenvalue weighted by Gasteiger charge is 2.02. The Labute approximate surface area is 86.9 Å². The molecule has 0 amide bonds. The van der Waals surface area contributed by atoms with Crippen LogP contribution < -0.4 is 5.73 Å². The maximum Gasteiger partial charge on any atom is 0.0669 e. The van der Waals surface area contributed by atoms with Crippen molar-refractivity contribution in [3.8, 4) is 0 Å². The van der Waals surface area contributed by atoms with Gasteiger partial charge < -0.3 is 5.73 Å². The van der Waals surface area contributed by atoms with Crippen LogP contribution >= 0.6 is 0 Å². The fourth-order valence-electron chi connectivity index (χ4n) is 1.18. The van der Waals surface area contributed by atoms with Gasteiger partial charge in [-0.3, -0.25) is 4.99 Å². The van der Waals surface area contributed by atoms with Crippen molar-refractivity contribution in [3.05, 3.63) is 35.6 Å². The second kappa shape index (κ2) is 7.27. The molecule has 0 aliphatic carbocycles. The lowest BCUT2D eigenvalue weighted by Crippen LogP contribution is -1.98. The van der Waals surface area contributed by atoms with Crippen LogP contribution in [0.4, 0.5) is 0 Å². The highest BCUT2D eigenvalue weighted by atomic mass is 14.7. The van der Waals surface area contributed by atoms with Gasteiger partial charge in [-0.25, -0.2) is 0 Å². The maximum absolute atomic E-state index is 5.49. The smallest absolute Gasteiger partial charge is 0.0669 e. The molecule has 0 heterocycles. The summed E-state index contributed by atoms with van der Waals surface area (Å²) >= 11 is 0. The Balaban J connectivity index is 5.03. The molecule has 0 radical (unpaired) electrons. The summed E-state index contributed by atoms with van der Waals surface area (Å²) in [4.78, 5) is 4.28. The van der Waals surface area contributed by atoms with E-state index in [2.05, 4.69) is 24.6 Å². The van der Waals surface area contributed by atoms with E-state index in [0.29, 0.717) is 6.54 Å². The molecule has 0 aromatic heterocycles. The summed E-state index contributed by atoms with van der Waals surface area (Å²) in [5, 5.41) is 0. The van der Waals surface area contributed by atoms with Gasteiger partial charge in [0.05, 0.1) is 5.70 Å². The zero-order valence-corrected chi connectivity index (χ0v) is 9.38. The Hall–Kier alpha value is -1.15. The quantitative estimate of drug-likeness (QED) is 0.528. The van der Waals surface area contributed by atoms with Crippen LogP contribution in [0.25, 0.3) is 0 Å². The van der Waals surface area contributed by atoms with Crippen molar-refractivity contribution < 1.29 is 0 Å². The monoisotopic (exact) mass is 192 g/mol. The van der Waals surface area contributed by atoms with Crippen LogP contribution in [0.15, 0.2) is 40.6 Å². The van der Waals surface area contributed by atoms with Crippen LogP contribution in [0.5, 0.6) is 0 Å². The van der Waals surface area contributed by atoms with Gasteiger partial charge in [-0.15, -0.1) is 0 Å². The maximum atomic E-state index is 5.49. The highest BCUT2D eigenvalue weighted by Crippen LogP contribution is 2.19. The molecule has 0 aliphatic heterocycles. The number of aliphatic imine (C=N–C) groups is 1. The van der Waals surface area contributed by atoms with Gasteiger partial charge in [0.25, 0.3) is 0 Å². The van der Waals surface area contributed by atoms with Gasteiger partial charge in [0.1, 0.15) is 0 Å². The first-order chi connectivity index (χ1) is 6.67. The first kappa shape index (κ1) is 12.8. The Morgan fingerprint density at radius 2 is 2.07 bits per heavy atom. The van der Waals surface area contributed by atoms with Crippen molar-refractivity contribution in [2.75, 3.05) is 6.54 Å². The molecule has 0 bridgehead atoms. The van der Waals surface area contributed by atoms with Crippen molar-refractivity contribution in [2.45, 2.75) is 27.2 Å². The molecule has 78 valence electrons. The van der Waals surface area contributed by atoms with Gasteiger partial charge >= 0.3 is 0 Å². The second-order valence-corrected chi connectivity index (χ2v) is 3.02. The van der Waals surface area contributed by atoms with Crippen molar-refractivity contribution in [1.82, 2.24) is 0 Å². The van der Waals surface area contributed by atoms with Gasteiger partial charge in [-0.1, -0.05) is 19.6 Å². The van der Waals surface area contributed by atoms with Gasteiger partial charge in [0.2, 0.25) is 0 Å².